The van der Waals surface area contributed by atoms with E-state index >= 15 is 0 Å². The fourth-order valence-electron chi connectivity index (χ4n) is 2.72. The highest BCUT2D eigenvalue weighted by molar-refractivity contribution is 5.78. The largest absolute Gasteiger partial charge is 0.375 e. The van der Waals surface area contributed by atoms with Gasteiger partial charge in [-0.2, -0.15) is 0 Å². The number of piperidine rings is 1. The van der Waals surface area contributed by atoms with E-state index in [4.69, 9.17) is 9.47 Å². The van der Waals surface area contributed by atoms with E-state index in [9.17, 15) is 4.79 Å². The molecule has 0 aromatic rings. The van der Waals surface area contributed by atoms with Crippen LogP contribution in [-0.2, 0) is 14.3 Å². The van der Waals surface area contributed by atoms with Gasteiger partial charge < -0.3 is 19.7 Å². The molecule has 5 nitrogen and oxygen atoms in total. The highest BCUT2D eigenvalue weighted by Crippen LogP contribution is 2.15. The minimum absolute atomic E-state index is 0.112. The number of nitrogens with zero attached hydrogens (tertiary/aromatic N) is 1. The monoisotopic (exact) mass is 270 g/mol. The SMILES string of the molecule is CCC1COC(C)CN1C(=O)COC1CCNCC1. The smallest absolute Gasteiger partial charge is 0.248 e. The van der Waals surface area contributed by atoms with E-state index in [0.717, 1.165) is 32.4 Å². The summed E-state index contributed by atoms with van der Waals surface area (Å²) in [6.07, 6.45) is 3.31. The Balaban J connectivity index is 1.79. The Labute approximate surface area is 115 Å². The van der Waals surface area contributed by atoms with Gasteiger partial charge in [0.1, 0.15) is 6.61 Å². The highest BCUT2D eigenvalue weighted by atomic mass is 16.5. The molecule has 2 saturated heterocycles. The van der Waals surface area contributed by atoms with E-state index in [1.54, 1.807) is 0 Å². The van der Waals surface area contributed by atoms with Crippen LogP contribution >= 0.6 is 0 Å². The topological polar surface area (TPSA) is 50.8 Å². The Bertz CT molecular complexity index is 292. The lowest BCUT2D eigenvalue weighted by Crippen LogP contribution is -2.52. The van der Waals surface area contributed by atoms with Crippen LogP contribution in [0.5, 0.6) is 0 Å². The number of morpholine rings is 1. The van der Waals surface area contributed by atoms with Crippen molar-refractivity contribution in [1.82, 2.24) is 10.2 Å². The van der Waals surface area contributed by atoms with Gasteiger partial charge in [-0.1, -0.05) is 6.92 Å². The summed E-state index contributed by atoms with van der Waals surface area (Å²) >= 11 is 0. The van der Waals surface area contributed by atoms with Crippen molar-refractivity contribution in [2.24, 2.45) is 0 Å². The van der Waals surface area contributed by atoms with E-state index in [2.05, 4.69) is 12.2 Å². The minimum Gasteiger partial charge on any atom is -0.375 e. The summed E-state index contributed by atoms with van der Waals surface area (Å²) in [7, 11) is 0. The molecule has 2 fully saturated rings. The molecule has 2 aliphatic heterocycles. The van der Waals surface area contributed by atoms with Gasteiger partial charge in [-0.05, 0) is 39.3 Å². The molecule has 1 amide bonds. The Morgan fingerprint density at radius 3 is 2.84 bits per heavy atom. The predicted molar refractivity (Wildman–Crippen MR) is 73.0 cm³/mol. The Morgan fingerprint density at radius 2 is 2.16 bits per heavy atom. The fourth-order valence-corrected chi connectivity index (χ4v) is 2.72. The van der Waals surface area contributed by atoms with Gasteiger partial charge in [0.15, 0.2) is 0 Å². The second-order valence-corrected chi connectivity index (χ2v) is 5.51. The van der Waals surface area contributed by atoms with Gasteiger partial charge in [-0.25, -0.2) is 0 Å². The molecular formula is C14H26N2O3. The van der Waals surface area contributed by atoms with Crippen LogP contribution in [0.3, 0.4) is 0 Å². The molecule has 5 heteroatoms. The summed E-state index contributed by atoms with van der Waals surface area (Å²) in [6, 6.07) is 0.209. The number of ether oxygens (including phenoxy) is 2. The van der Waals surface area contributed by atoms with E-state index < -0.39 is 0 Å². The van der Waals surface area contributed by atoms with Crippen molar-refractivity contribution in [2.75, 3.05) is 32.8 Å². The minimum atomic E-state index is 0.112. The quantitative estimate of drug-likeness (QED) is 0.820. The fraction of sp³-hybridized carbons (Fsp3) is 0.929. The summed E-state index contributed by atoms with van der Waals surface area (Å²) < 4.78 is 11.4. The zero-order valence-corrected chi connectivity index (χ0v) is 12.1. The molecule has 0 radical (unpaired) electrons. The lowest BCUT2D eigenvalue weighted by atomic mass is 10.1. The third-order valence-electron chi connectivity index (χ3n) is 3.99. The number of rotatable bonds is 4. The van der Waals surface area contributed by atoms with E-state index in [1.807, 2.05) is 11.8 Å². The first-order valence-electron chi connectivity index (χ1n) is 7.44. The number of amides is 1. The molecule has 0 bridgehead atoms. The first-order valence-corrected chi connectivity index (χ1v) is 7.44. The molecule has 2 aliphatic rings. The average Bonchev–Trinajstić information content (AvgIpc) is 2.46. The van der Waals surface area contributed by atoms with Gasteiger partial charge in [-0.3, -0.25) is 4.79 Å². The van der Waals surface area contributed by atoms with Crippen LogP contribution in [0.25, 0.3) is 0 Å². The summed E-state index contributed by atoms with van der Waals surface area (Å²) in [6.45, 7) is 7.64. The predicted octanol–water partition coefficient (Wildman–Crippen LogP) is 0.781. The van der Waals surface area contributed by atoms with Gasteiger partial charge in [0.2, 0.25) is 5.91 Å². The summed E-state index contributed by atoms with van der Waals surface area (Å²) in [5, 5.41) is 3.30. The van der Waals surface area contributed by atoms with Crippen LogP contribution in [0, 0.1) is 0 Å². The molecule has 0 spiro atoms. The molecule has 1 N–H and O–H groups in total. The lowest BCUT2D eigenvalue weighted by molar-refractivity contribution is -0.151. The number of carbonyl (C=O) groups excluding carboxylic acids is 1. The molecular weight excluding hydrogens is 244 g/mol. The standard InChI is InChI=1S/C14H26N2O3/c1-3-12-9-18-11(2)8-16(12)14(17)10-19-13-4-6-15-7-5-13/h11-13,15H,3-10H2,1-2H3. The van der Waals surface area contributed by atoms with Crippen molar-refractivity contribution in [3.8, 4) is 0 Å². The van der Waals surface area contributed by atoms with Crippen LogP contribution in [0.15, 0.2) is 0 Å². The van der Waals surface area contributed by atoms with Gasteiger partial charge in [-0.15, -0.1) is 0 Å². The molecule has 0 saturated carbocycles. The van der Waals surface area contributed by atoms with Gasteiger partial charge in [0.25, 0.3) is 0 Å². The maximum Gasteiger partial charge on any atom is 0.248 e. The van der Waals surface area contributed by atoms with Gasteiger partial charge in [0, 0.05) is 6.54 Å². The molecule has 2 unspecified atom stereocenters. The zero-order valence-electron chi connectivity index (χ0n) is 12.1. The van der Waals surface area contributed by atoms with Crippen LogP contribution in [0.2, 0.25) is 0 Å². The molecule has 19 heavy (non-hydrogen) atoms. The maximum absolute atomic E-state index is 12.3. The average molecular weight is 270 g/mol. The Morgan fingerprint density at radius 1 is 1.42 bits per heavy atom. The van der Waals surface area contributed by atoms with Gasteiger partial charge in [0.05, 0.1) is 24.9 Å². The van der Waals surface area contributed by atoms with E-state index in [0.29, 0.717) is 13.2 Å². The molecule has 2 heterocycles. The molecule has 2 rings (SSSR count). The first kappa shape index (κ1) is 14.8. The number of hydrogen-bond acceptors (Lipinski definition) is 4. The third kappa shape index (κ3) is 4.16. The van der Waals surface area contributed by atoms with Crippen LogP contribution in [-0.4, -0.2) is 61.9 Å². The molecule has 0 aromatic heterocycles. The van der Waals surface area contributed by atoms with Crippen molar-refractivity contribution in [2.45, 2.75) is 51.4 Å². The van der Waals surface area contributed by atoms with E-state index in [-0.39, 0.29) is 30.8 Å². The Hall–Kier alpha value is -0.650. The Kier molecular flexibility index (Phi) is 5.60. The second kappa shape index (κ2) is 7.22. The van der Waals surface area contributed by atoms with Crippen LogP contribution < -0.4 is 5.32 Å². The van der Waals surface area contributed by atoms with Crippen LogP contribution in [0.1, 0.15) is 33.1 Å². The lowest BCUT2D eigenvalue weighted by Gasteiger charge is -2.38. The molecule has 0 aromatic carbocycles. The van der Waals surface area contributed by atoms with Crippen molar-refractivity contribution in [1.29, 1.82) is 0 Å². The first-order chi connectivity index (χ1) is 9.20. The van der Waals surface area contributed by atoms with Crippen LogP contribution in [0.4, 0.5) is 0 Å². The second-order valence-electron chi connectivity index (χ2n) is 5.51. The molecule has 110 valence electrons. The molecule has 2 atom stereocenters. The number of nitrogens with one attached hydrogen (secondary N) is 1. The van der Waals surface area contributed by atoms with Gasteiger partial charge >= 0.3 is 0 Å². The molecule has 0 aliphatic carbocycles. The normalized spacial score (nSPS) is 29.5. The van der Waals surface area contributed by atoms with Crippen molar-refractivity contribution in [3.63, 3.8) is 0 Å². The van der Waals surface area contributed by atoms with Crippen molar-refractivity contribution < 1.29 is 14.3 Å². The third-order valence-corrected chi connectivity index (χ3v) is 3.99. The maximum atomic E-state index is 12.3. The summed E-state index contributed by atoms with van der Waals surface area (Å²) in [5.74, 6) is 0.112. The number of hydrogen-bond donors (Lipinski definition) is 1. The van der Waals surface area contributed by atoms with Crippen molar-refractivity contribution in [3.05, 3.63) is 0 Å². The summed E-state index contributed by atoms with van der Waals surface area (Å²) in [4.78, 5) is 14.2. The highest BCUT2D eigenvalue weighted by Gasteiger charge is 2.29. The van der Waals surface area contributed by atoms with E-state index in [1.165, 1.54) is 0 Å². The van der Waals surface area contributed by atoms with Crippen molar-refractivity contribution >= 4 is 5.91 Å². The zero-order chi connectivity index (χ0) is 13.7. The number of carbonyl (C=O) groups is 1. The summed E-state index contributed by atoms with van der Waals surface area (Å²) in [5.41, 5.74) is 0.